The second kappa shape index (κ2) is 4.45. The van der Waals surface area contributed by atoms with Crippen molar-refractivity contribution >= 4 is 22.8 Å². The molecule has 2 aromatic heterocycles. The fourth-order valence-electron chi connectivity index (χ4n) is 3.45. The first-order valence-corrected chi connectivity index (χ1v) is 8.14. The third-order valence-corrected chi connectivity index (χ3v) is 5.13. The van der Waals surface area contributed by atoms with Crippen LogP contribution in [0.2, 0.25) is 0 Å². The predicted molar refractivity (Wildman–Crippen MR) is 81.1 cm³/mol. The normalized spacial score (nSPS) is 20.5. The summed E-state index contributed by atoms with van der Waals surface area (Å²) in [6.45, 7) is 3.14. The van der Waals surface area contributed by atoms with Crippen molar-refractivity contribution in [3.05, 3.63) is 23.7 Å². The molecule has 0 radical (unpaired) electrons. The second-order valence-corrected chi connectivity index (χ2v) is 6.86. The number of rotatable bonds is 5. The van der Waals surface area contributed by atoms with Gasteiger partial charge in [-0.3, -0.25) is 0 Å². The number of imidazole rings is 1. The molecule has 0 unspecified atom stereocenters. The van der Waals surface area contributed by atoms with Gasteiger partial charge in [-0.25, -0.2) is 9.97 Å². The lowest BCUT2D eigenvalue weighted by Crippen LogP contribution is -2.16. The monoisotopic (exact) mass is 289 g/mol. The van der Waals surface area contributed by atoms with Crippen LogP contribution >= 0.6 is 11.6 Å². The Balaban J connectivity index is 1.78. The summed E-state index contributed by atoms with van der Waals surface area (Å²) >= 11 is 5.95. The van der Waals surface area contributed by atoms with Crippen molar-refractivity contribution in [3.63, 3.8) is 0 Å². The van der Waals surface area contributed by atoms with Crippen LogP contribution in [0.5, 0.6) is 0 Å². The quantitative estimate of drug-likeness (QED) is 0.786. The topological polar surface area (TPSA) is 30.7 Å². The molecule has 2 aliphatic carbocycles. The molecule has 2 heterocycles. The van der Waals surface area contributed by atoms with E-state index in [1.165, 1.54) is 25.7 Å². The number of fused-ring (bicyclic) bond motifs is 1. The number of aryl methyl sites for hydroxylation is 2. The molecule has 2 saturated carbocycles. The highest BCUT2D eigenvalue weighted by molar-refractivity contribution is 6.17. The van der Waals surface area contributed by atoms with Gasteiger partial charge in [0.2, 0.25) is 0 Å². The zero-order valence-corrected chi connectivity index (χ0v) is 12.7. The molecule has 106 valence electrons. The molecule has 2 fully saturated rings. The molecule has 0 amide bonds. The molecular formula is C16H20ClN3. The van der Waals surface area contributed by atoms with E-state index in [1.807, 2.05) is 13.0 Å². The van der Waals surface area contributed by atoms with Gasteiger partial charge in [0.15, 0.2) is 5.65 Å². The summed E-state index contributed by atoms with van der Waals surface area (Å²) in [6.07, 6.45) is 6.43. The molecule has 0 saturated heterocycles. The minimum Gasteiger partial charge on any atom is -0.312 e. The molecule has 0 aliphatic heterocycles. The van der Waals surface area contributed by atoms with E-state index in [2.05, 4.69) is 10.6 Å². The van der Waals surface area contributed by atoms with E-state index < -0.39 is 0 Å². The highest BCUT2D eigenvalue weighted by atomic mass is 35.5. The van der Waals surface area contributed by atoms with Crippen molar-refractivity contribution < 1.29 is 0 Å². The lowest BCUT2D eigenvalue weighted by Gasteiger charge is -2.17. The van der Waals surface area contributed by atoms with Gasteiger partial charge in [-0.05, 0) is 56.1 Å². The number of halogens is 1. The molecule has 2 aromatic rings. The molecule has 3 nitrogen and oxygen atoms in total. The van der Waals surface area contributed by atoms with Gasteiger partial charge in [0.05, 0.1) is 0 Å². The summed E-state index contributed by atoms with van der Waals surface area (Å²) in [7, 11) is 0. The van der Waals surface area contributed by atoms with Crippen molar-refractivity contribution in [2.24, 2.45) is 11.3 Å². The first-order valence-electron chi connectivity index (χ1n) is 7.61. The van der Waals surface area contributed by atoms with Crippen LogP contribution in [-0.2, 0) is 13.0 Å². The molecule has 20 heavy (non-hydrogen) atoms. The van der Waals surface area contributed by atoms with Crippen molar-refractivity contribution in [3.8, 4) is 0 Å². The summed E-state index contributed by atoms with van der Waals surface area (Å²) in [6, 6.07) is 4.13. The van der Waals surface area contributed by atoms with Crippen LogP contribution in [0.3, 0.4) is 0 Å². The molecule has 4 heteroatoms. The van der Waals surface area contributed by atoms with E-state index in [0.717, 1.165) is 41.6 Å². The van der Waals surface area contributed by atoms with Crippen LogP contribution in [0, 0.1) is 18.3 Å². The maximum absolute atomic E-state index is 5.95. The maximum atomic E-state index is 5.95. The van der Waals surface area contributed by atoms with Crippen molar-refractivity contribution in [1.82, 2.24) is 14.5 Å². The Labute approximate surface area is 124 Å². The summed E-state index contributed by atoms with van der Waals surface area (Å²) in [5.74, 6) is 2.69. The van der Waals surface area contributed by atoms with E-state index in [1.54, 1.807) is 0 Å². The smallest absolute Gasteiger partial charge is 0.160 e. The second-order valence-electron chi connectivity index (χ2n) is 6.49. The van der Waals surface area contributed by atoms with Gasteiger partial charge in [-0.15, -0.1) is 11.6 Å². The highest BCUT2D eigenvalue weighted by Gasteiger charge is 2.54. The number of alkyl halides is 1. The van der Waals surface area contributed by atoms with Crippen LogP contribution in [0.4, 0.5) is 0 Å². The van der Waals surface area contributed by atoms with Crippen LogP contribution in [0.1, 0.15) is 37.2 Å². The minimum atomic E-state index is 0.556. The van der Waals surface area contributed by atoms with Gasteiger partial charge in [0.1, 0.15) is 11.3 Å². The SMILES string of the molecule is Cc1ccc2nc(CCCl)n(CC3(C4CC4)CC3)c2n1. The zero-order valence-electron chi connectivity index (χ0n) is 11.9. The molecule has 0 spiro atoms. The number of aromatic nitrogens is 3. The van der Waals surface area contributed by atoms with E-state index in [0.29, 0.717) is 11.3 Å². The molecule has 4 rings (SSSR count). The predicted octanol–water partition coefficient (Wildman–Crippen LogP) is 3.71. The fourth-order valence-corrected chi connectivity index (χ4v) is 3.62. The van der Waals surface area contributed by atoms with Crippen LogP contribution in [0.15, 0.2) is 12.1 Å². The van der Waals surface area contributed by atoms with Gasteiger partial charge in [0, 0.05) is 24.5 Å². The molecule has 2 aliphatic rings. The number of hydrogen-bond donors (Lipinski definition) is 0. The summed E-state index contributed by atoms with van der Waals surface area (Å²) in [4.78, 5) is 9.48. The minimum absolute atomic E-state index is 0.556. The number of pyridine rings is 1. The zero-order chi connectivity index (χ0) is 13.7. The largest absolute Gasteiger partial charge is 0.312 e. The van der Waals surface area contributed by atoms with Gasteiger partial charge in [-0.1, -0.05) is 0 Å². The first-order chi connectivity index (χ1) is 9.72. The maximum Gasteiger partial charge on any atom is 0.160 e. The molecule has 0 atom stereocenters. The van der Waals surface area contributed by atoms with E-state index >= 15 is 0 Å². The van der Waals surface area contributed by atoms with Gasteiger partial charge in [0.25, 0.3) is 0 Å². The third kappa shape index (κ3) is 2.03. The average Bonchev–Trinajstić information content (AvgIpc) is 3.31. The molecule has 0 N–H and O–H groups in total. The third-order valence-electron chi connectivity index (χ3n) is 4.94. The van der Waals surface area contributed by atoms with Crippen LogP contribution in [0.25, 0.3) is 11.2 Å². The van der Waals surface area contributed by atoms with E-state index in [-0.39, 0.29) is 0 Å². The Bertz CT molecular complexity index is 653. The highest BCUT2D eigenvalue weighted by Crippen LogP contribution is 2.62. The lowest BCUT2D eigenvalue weighted by atomic mass is 10.0. The van der Waals surface area contributed by atoms with Gasteiger partial charge >= 0.3 is 0 Å². The lowest BCUT2D eigenvalue weighted by molar-refractivity contribution is 0.368. The van der Waals surface area contributed by atoms with Crippen molar-refractivity contribution in [2.75, 3.05) is 5.88 Å². The summed E-state index contributed by atoms with van der Waals surface area (Å²) in [5.41, 5.74) is 3.69. The standard InChI is InChI=1S/C16H20ClN3/c1-11-2-5-13-15(18-11)20(14(19-13)6-9-17)10-16(7-8-16)12-3-4-12/h2,5,12H,3-4,6-10H2,1H3. The molecule has 0 aromatic carbocycles. The van der Waals surface area contributed by atoms with Crippen LogP contribution in [-0.4, -0.2) is 20.4 Å². The Hall–Kier alpha value is -1.09. The van der Waals surface area contributed by atoms with Gasteiger partial charge < -0.3 is 4.57 Å². The first kappa shape index (κ1) is 12.6. The van der Waals surface area contributed by atoms with Crippen LogP contribution < -0.4 is 0 Å². The molecule has 0 bridgehead atoms. The van der Waals surface area contributed by atoms with E-state index in [4.69, 9.17) is 21.6 Å². The van der Waals surface area contributed by atoms with Crippen molar-refractivity contribution in [1.29, 1.82) is 0 Å². The average molecular weight is 290 g/mol. The Morgan fingerprint density at radius 3 is 2.75 bits per heavy atom. The number of nitrogens with zero attached hydrogens (tertiary/aromatic N) is 3. The summed E-state index contributed by atoms with van der Waals surface area (Å²) in [5, 5.41) is 0. The van der Waals surface area contributed by atoms with Gasteiger partial charge in [-0.2, -0.15) is 0 Å². The van der Waals surface area contributed by atoms with E-state index in [9.17, 15) is 0 Å². The molecular weight excluding hydrogens is 270 g/mol. The van der Waals surface area contributed by atoms with Crippen molar-refractivity contribution in [2.45, 2.75) is 45.6 Å². The summed E-state index contributed by atoms with van der Waals surface area (Å²) < 4.78 is 2.36. The Morgan fingerprint density at radius 2 is 2.10 bits per heavy atom. The fraction of sp³-hybridized carbons (Fsp3) is 0.625. The Morgan fingerprint density at radius 1 is 1.30 bits per heavy atom. The Kier molecular flexibility index (Phi) is 2.81. The number of hydrogen-bond acceptors (Lipinski definition) is 2.